The van der Waals surface area contributed by atoms with Gasteiger partial charge in [-0.2, -0.15) is 4.99 Å². The molecule has 150 valence electrons. The minimum absolute atomic E-state index is 0.233. The molecule has 1 N–H and O–H groups in total. The number of methoxy groups -OCH3 is 1. The predicted octanol–water partition coefficient (Wildman–Crippen LogP) is 3.32. The highest BCUT2D eigenvalue weighted by Gasteiger charge is 2.16. The van der Waals surface area contributed by atoms with Gasteiger partial charge in [0.1, 0.15) is 17.6 Å². The second-order valence-corrected chi connectivity index (χ2v) is 7.14. The van der Waals surface area contributed by atoms with Crippen LogP contribution >= 0.6 is 11.3 Å². The summed E-state index contributed by atoms with van der Waals surface area (Å²) in [5, 5.41) is 4.58. The highest BCUT2D eigenvalue weighted by molar-refractivity contribution is 7.07. The Morgan fingerprint density at radius 1 is 1.24 bits per heavy atom. The molecule has 0 aliphatic rings. The Bertz CT molecular complexity index is 1070. The number of carbonyl (C=O) groups is 2. The SMILES string of the molecule is COc1cccc(C(=O)N=c2sccn2[C@H](C)C(=O)NCc2ccc(F)cc2)c1. The van der Waals surface area contributed by atoms with Crippen molar-refractivity contribution in [3.05, 3.63) is 81.9 Å². The molecule has 2 amide bonds. The van der Waals surface area contributed by atoms with E-state index in [2.05, 4.69) is 10.3 Å². The number of hydrogen-bond acceptors (Lipinski definition) is 4. The van der Waals surface area contributed by atoms with Crippen LogP contribution in [0, 0.1) is 5.82 Å². The quantitative estimate of drug-likeness (QED) is 0.674. The molecule has 0 fully saturated rings. The van der Waals surface area contributed by atoms with E-state index in [9.17, 15) is 14.0 Å². The fourth-order valence-electron chi connectivity index (χ4n) is 2.63. The van der Waals surface area contributed by atoms with Crippen molar-refractivity contribution in [2.24, 2.45) is 4.99 Å². The Kier molecular flexibility index (Phi) is 6.56. The van der Waals surface area contributed by atoms with Gasteiger partial charge in [-0.3, -0.25) is 9.59 Å². The molecule has 3 rings (SSSR count). The number of benzene rings is 2. The van der Waals surface area contributed by atoms with Gasteiger partial charge in [0.25, 0.3) is 5.91 Å². The van der Waals surface area contributed by atoms with Crippen molar-refractivity contribution >= 4 is 23.2 Å². The van der Waals surface area contributed by atoms with Crippen molar-refractivity contribution in [1.29, 1.82) is 0 Å². The van der Waals surface area contributed by atoms with E-state index >= 15 is 0 Å². The molecule has 0 aliphatic carbocycles. The van der Waals surface area contributed by atoms with Gasteiger partial charge in [-0.25, -0.2) is 4.39 Å². The third-order valence-electron chi connectivity index (χ3n) is 4.31. The third-order valence-corrected chi connectivity index (χ3v) is 5.08. The largest absolute Gasteiger partial charge is 0.497 e. The summed E-state index contributed by atoms with van der Waals surface area (Å²) >= 11 is 1.27. The predicted molar refractivity (Wildman–Crippen MR) is 108 cm³/mol. The Morgan fingerprint density at radius 2 is 2.00 bits per heavy atom. The van der Waals surface area contributed by atoms with Crippen molar-refractivity contribution in [2.75, 3.05) is 7.11 Å². The van der Waals surface area contributed by atoms with Gasteiger partial charge in [0.15, 0.2) is 4.80 Å². The summed E-state index contributed by atoms with van der Waals surface area (Å²) in [5.41, 5.74) is 1.19. The molecular formula is C21H20FN3O3S. The Labute approximate surface area is 171 Å². The molecule has 2 aromatic carbocycles. The maximum Gasteiger partial charge on any atom is 0.279 e. The van der Waals surface area contributed by atoms with Crippen molar-refractivity contribution in [2.45, 2.75) is 19.5 Å². The number of halogens is 1. The summed E-state index contributed by atoms with van der Waals surface area (Å²) < 4.78 is 19.8. The highest BCUT2D eigenvalue weighted by Crippen LogP contribution is 2.13. The van der Waals surface area contributed by atoms with Crippen molar-refractivity contribution in [3.63, 3.8) is 0 Å². The maximum atomic E-state index is 13.0. The van der Waals surface area contributed by atoms with E-state index in [1.807, 2.05) is 0 Å². The van der Waals surface area contributed by atoms with E-state index in [0.29, 0.717) is 16.1 Å². The number of thiazole rings is 1. The lowest BCUT2D eigenvalue weighted by atomic mass is 10.2. The monoisotopic (exact) mass is 413 g/mol. The second kappa shape index (κ2) is 9.29. The maximum absolute atomic E-state index is 13.0. The van der Waals surface area contributed by atoms with E-state index < -0.39 is 11.9 Å². The van der Waals surface area contributed by atoms with Gasteiger partial charge in [0, 0.05) is 23.7 Å². The standard InChI is InChI=1S/C21H20FN3O3S/c1-14(19(26)23-13-15-6-8-17(22)9-7-15)25-10-11-29-21(25)24-20(27)16-4-3-5-18(12-16)28-2/h3-12,14H,13H2,1-2H3,(H,23,26)/t14-/m1/s1. The van der Waals surface area contributed by atoms with Crippen LogP contribution in [0.3, 0.4) is 0 Å². The zero-order chi connectivity index (χ0) is 20.8. The number of rotatable bonds is 6. The lowest BCUT2D eigenvalue weighted by Crippen LogP contribution is -2.34. The summed E-state index contributed by atoms with van der Waals surface area (Å²) in [6, 6.07) is 12.1. The van der Waals surface area contributed by atoms with Crippen LogP contribution in [0.5, 0.6) is 5.75 Å². The normalized spacial score (nSPS) is 12.4. The van der Waals surface area contributed by atoms with Crippen molar-refractivity contribution < 1.29 is 18.7 Å². The van der Waals surface area contributed by atoms with Gasteiger partial charge in [-0.1, -0.05) is 18.2 Å². The molecule has 6 nitrogen and oxygen atoms in total. The molecule has 0 saturated heterocycles. The molecule has 0 saturated carbocycles. The lowest BCUT2D eigenvalue weighted by Gasteiger charge is -2.14. The van der Waals surface area contributed by atoms with E-state index in [0.717, 1.165) is 5.56 Å². The van der Waals surface area contributed by atoms with E-state index in [1.165, 1.54) is 30.6 Å². The smallest absolute Gasteiger partial charge is 0.279 e. The van der Waals surface area contributed by atoms with E-state index in [-0.39, 0.29) is 18.3 Å². The van der Waals surface area contributed by atoms with Crippen LogP contribution in [0.2, 0.25) is 0 Å². The molecular weight excluding hydrogens is 393 g/mol. The molecule has 1 atom stereocenters. The minimum atomic E-state index is -0.571. The van der Waals surface area contributed by atoms with Crippen LogP contribution in [0.15, 0.2) is 65.1 Å². The molecule has 8 heteroatoms. The first-order valence-corrected chi connectivity index (χ1v) is 9.77. The molecule has 0 radical (unpaired) electrons. The average molecular weight is 413 g/mol. The van der Waals surface area contributed by atoms with E-state index in [4.69, 9.17) is 4.74 Å². The zero-order valence-electron chi connectivity index (χ0n) is 16.0. The minimum Gasteiger partial charge on any atom is -0.497 e. The number of ether oxygens (including phenoxy) is 1. The molecule has 0 spiro atoms. The summed E-state index contributed by atoms with van der Waals surface area (Å²) in [7, 11) is 1.53. The molecule has 0 unspecified atom stereocenters. The van der Waals surface area contributed by atoms with Gasteiger partial charge >= 0.3 is 0 Å². The molecule has 1 aromatic heterocycles. The Hall–Kier alpha value is -3.26. The first-order valence-electron chi connectivity index (χ1n) is 8.89. The van der Waals surface area contributed by atoms with Crippen LogP contribution in [0.4, 0.5) is 4.39 Å². The summed E-state index contributed by atoms with van der Waals surface area (Å²) in [6.07, 6.45) is 1.71. The molecule has 3 aromatic rings. The molecule has 1 heterocycles. The van der Waals surface area contributed by atoms with Crippen molar-refractivity contribution in [1.82, 2.24) is 9.88 Å². The molecule has 0 bridgehead atoms. The van der Waals surface area contributed by atoms with Gasteiger partial charge in [-0.15, -0.1) is 11.3 Å². The number of nitrogens with one attached hydrogen (secondary N) is 1. The highest BCUT2D eigenvalue weighted by atomic mass is 32.1. The summed E-state index contributed by atoms with van der Waals surface area (Å²) in [5.74, 6) is -0.408. The van der Waals surface area contributed by atoms with Gasteiger partial charge in [0.2, 0.25) is 5.91 Å². The van der Waals surface area contributed by atoms with Crippen LogP contribution in [0.25, 0.3) is 0 Å². The second-order valence-electron chi connectivity index (χ2n) is 6.26. The van der Waals surface area contributed by atoms with Crippen LogP contribution < -0.4 is 14.9 Å². The number of aromatic nitrogens is 1. The van der Waals surface area contributed by atoms with Crippen LogP contribution in [-0.2, 0) is 11.3 Å². The number of hydrogen-bond donors (Lipinski definition) is 1. The fourth-order valence-corrected chi connectivity index (χ4v) is 3.42. The first-order chi connectivity index (χ1) is 14.0. The van der Waals surface area contributed by atoms with Crippen LogP contribution in [-0.4, -0.2) is 23.5 Å². The van der Waals surface area contributed by atoms with E-state index in [1.54, 1.807) is 59.5 Å². The number of carbonyl (C=O) groups excluding carboxylic acids is 2. The number of nitrogens with zero attached hydrogens (tertiary/aromatic N) is 2. The number of amides is 2. The summed E-state index contributed by atoms with van der Waals surface area (Å²) in [6.45, 7) is 2.01. The molecule has 29 heavy (non-hydrogen) atoms. The first kappa shape index (κ1) is 20.5. The van der Waals surface area contributed by atoms with Gasteiger partial charge in [-0.05, 0) is 42.8 Å². The molecule has 0 aliphatic heterocycles. The lowest BCUT2D eigenvalue weighted by molar-refractivity contribution is -0.124. The Balaban J connectivity index is 1.73. The fraction of sp³-hybridized carbons (Fsp3) is 0.190. The van der Waals surface area contributed by atoms with Gasteiger partial charge < -0.3 is 14.6 Å². The zero-order valence-corrected chi connectivity index (χ0v) is 16.8. The topological polar surface area (TPSA) is 72.7 Å². The Morgan fingerprint density at radius 3 is 2.72 bits per heavy atom. The van der Waals surface area contributed by atoms with Crippen LogP contribution in [0.1, 0.15) is 28.9 Å². The average Bonchev–Trinajstić information content (AvgIpc) is 3.20. The van der Waals surface area contributed by atoms with Crippen molar-refractivity contribution in [3.8, 4) is 5.75 Å². The summed E-state index contributed by atoms with van der Waals surface area (Å²) in [4.78, 5) is 29.6. The van der Waals surface area contributed by atoms with Gasteiger partial charge in [0.05, 0.1) is 7.11 Å². The third kappa shape index (κ3) is 5.17.